The van der Waals surface area contributed by atoms with E-state index in [1.54, 1.807) is 0 Å². The van der Waals surface area contributed by atoms with Gasteiger partial charge in [0.1, 0.15) is 0 Å². The van der Waals surface area contributed by atoms with E-state index in [1.807, 2.05) is 13.1 Å². The Morgan fingerprint density at radius 2 is 2.14 bits per heavy atom. The van der Waals surface area contributed by atoms with Crippen LogP contribution in [0.15, 0.2) is 18.3 Å². The molecule has 0 aromatic carbocycles. The third-order valence-corrected chi connectivity index (χ3v) is 5.14. The van der Waals surface area contributed by atoms with Crippen LogP contribution in [0.2, 0.25) is 0 Å². The first-order valence-corrected chi connectivity index (χ1v) is 7.68. The monoisotopic (exact) mass is 287 g/mol. The third kappa shape index (κ3) is 2.28. The van der Waals surface area contributed by atoms with Gasteiger partial charge in [-0.3, -0.25) is 10.4 Å². The number of urea groups is 1. The number of carbonyl (C=O) groups is 1. The Kier molecular flexibility index (Phi) is 3.08. The molecule has 4 rings (SSSR count). The molecule has 21 heavy (non-hydrogen) atoms. The maximum Gasteiger partial charge on any atom is 0.315 e. The number of amides is 2. The number of aryl methyl sites for hydroxylation is 1. The molecular weight excluding hydrogens is 266 g/mol. The molecule has 112 valence electrons. The minimum Gasteiger partial charge on any atom is -0.338 e. The molecule has 5 unspecified atom stereocenters. The molecule has 0 radical (unpaired) electrons. The number of aromatic nitrogens is 1. The lowest BCUT2D eigenvalue weighted by Crippen LogP contribution is -2.59. The molecular formula is C15H21N5O. The molecule has 3 heterocycles. The molecule has 1 saturated carbocycles. The lowest BCUT2D eigenvalue weighted by atomic mass is 9.71. The van der Waals surface area contributed by atoms with Gasteiger partial charge < -0.3 is 10.6 Å². The quantitative estimate of drug-likeness (QED) is 0.610. The Bertz CT molecular complexity index is 563. The number of carbonyl (C=O) groups excluding carboxylic acids is 1. The van der Waals surface area contributed by atoms with Gasteiger partial charge in [-0.1, -0.05) is 0 Å². The van der Waals surface area contributed by atoms with Crippen LogP contribution in [0.3, 0.4) is 0 Å². The number of hydrogen-bond acceptors (Lipinski definition) is 4. The van der Waals surface area contributed by atoms with Crippen molar-refractivity contribution in [3.63, 3.8) is 0 Å². The molecule has 5 atom stereocenters. The summed E-state index contributed by atoms with van der Waals surface area (Å²) < 4.78 is 0. The van der Waals surface area contributed by atoms with Crippen LogP contribution in [0.5, 0.6) is 0 Å². The Balaban J connectivity index is 1.55. The van der Waals surface area contributed by atoms with Crippen molar-refractivity contribution in [1.29, 1.82) is 0 Å². The zero-order valence-corrected chi connectivity index (χ0v) is 12.1. The van der Waals surface area contributed by atoms with E-state index in [2.05, 4.69) is 38.6 Å². The average molecular weight is 287 g/mol. The summed E-state index contributed by atoms with van der Waals surface area (Å²) in [5.41, 5.74) is 9.24. The van der Waals surface area contributed by atoms with Crippen molar-refractivity contribution in [3.8, 4) is 0 Å². The first kappa shape index (κ1) is 13.0. The van der Waals surface area contributed by atoms with Gasteiger partial charge in [0.25, 0.3) is 0 Å². The molecule has 2 amide bonds. The van der Waals surface area contributed by atoms with E-state index in [1.165, 1.54) is 5.56 Å². The fourth-order valence-electron chi connectivity index (χ4n) is 4.09. The van der Waals surface area contributed by atoms with Crippen LogP contribution in [0.1, 0.15) is 30.1 Å². The molecule has 2 saturated heterocycles. The van der Waals surface area contributed by atoms with Gasteiger partial charge in [0.05, 0.1) is 6.04 Å². The molecule has 0 spiro atoms. The Hall–Kier alpha value is -1.66. The fraction of sp³-hybridized carbons (Fsp3) is 0.600. The van der Waals surface area contributed by atoms with Gasteiger partial charge in [-0.25, -0.2) is 10.2 Å². The number of hydrogen-bond donors (Lipinski definition) is 4. The van der Waals surface area contributed by atoms with Gasteiger partial charge in [-0.15, -0.1) is 0 Å². The summed E-state index contributed by atoms with van der Waals surface area (Å²) in [4.78, 5) is 15.8. The molecule has 3 fully saturated rings. The Morgan fingerprint density at radius 3 is 3.00 bits per heavy atom. The van der Waals surface area contributed by atoms with Crippen molar-refractivity contribution in [2.45, 2.75) is 37.9 Å². The second-order valence-corrected chi connectivity index (χ2v) is 6.46. The summed E-state index contributed by atoms with van der Waals surface area (Å²) in [7, 11) is 0. The summed E-state index contributed by atoms with van der Waals surface area (Å²) in [5, 5.41) is 5.99. The van der Waals surface area contributed by atoms with E-state index in [-0.39, 0.29) is 6.03 Å². The number of rotatable bonds is 1. The molecule has 6 nitrogen and oxygen atoms in total. The number of pyridine rings is 1. The third-order valence-electron chi connectivity index (χ3n) is 5.14. The molecule has 1 aromatic rings. The molecule has 2 aliphatic heterocycles. The summed E-state index contributed by atoms with van der Waals surface area (Å²) in [5.74, 6) is 1.08. The molecule has 4 N–H and O–H groups in total. The highest BCUT2D eigenvalue weighted by Gasteiger charge is 2.46. The maximum absolute atomic E-state index is 11.5. The average Bonchev–Trinajstić information content (AvgIpc) is 2.87. The molecule has 3 aliphatic rings. The van der Waals surface area contributed by atoms with Gasteiger partial charge in [-0.05, 0) is 49.3 Å². The minimum atomic E-state index is -0.0260. The zero-order chi connectivity index (χ0) is 14.4. The van der Waals surface area contributed by atoms with E-state index in [0.717, 1.165) is 25.1 Å². The highest BCUT2D eigenvalue weighted by Crippen LogP contribution is 2.40. The number of nitrogens with zero attached hydrogens (tertiary/aromatic N) is 1. The molecule has 1 aliphatic carbocycles. The van der Waals surface area contributed by atoms with Crippen molar-refractivity contribution < 1.29 is 4.79 Å². The standard InChI is InChI=1S/C15H21N5O/c1-8-4-9(2-3-16-8)14-11-5-10-7-17-15(21)18-12(10)6-13(11)19-20-14/h2-4,10-14,19-20H,5-7H2,1H3,(H2,17,18,21). The summed E-state index contributed by atoms with van der Waals surface area (Å²) >= 11 is 0. The molecule has 1 aromatic heterocycles. The molecule has 6 heteroatoms. The van der Waals surface area contributed by atoms with Gasteiger partial charge in [0.15, 0.2) is 0 Å². The predicted octanol–water partition coefficient (Wildman–Crippen LogP) is 0.615. The van der Waals surface area contributed by atoms with Gasteiger partial charge in [0.2, 0.25) is 0 Å². The minimum absolute atomic E-state index is 0.0260. The van der Waals surface area contributed by atoms with Crippen LogP contribution in [0, 0.1) is 18.8 Å². The SMILES string of the molecule is Cc1cc(C2NNC3CC4NC(=O)NCC4CC32)ccn1. The second kappa shape index (κ2) is 4.96. The highest BCUT2D eigenvalue weighted by molar-refractivity contribution is 5.75. The first-order valence-electron chi connectivity index (χ1n) is 7.68. The van der Waals surface area contributed by atoms with Crippen LogP contribution in [-0.4, -0.2) is 29.6 Å². The second-order valence-electron chi connectivity index (χ2n) is 6.46. The van der Waals surface area contributed by atoms with E-state index in [9.17, 15) is 4.79 Å². The van der Waals surface area contributed by atoms with Gasteiger partial charge >= 0.3 is 6.03 Å². The topological polar surface area (TPSA) is 78.1 Å². The van der Waals surface area contributed by atoms with Crippen molar-refractivity contribution in [2.75, 3.05) is 6.54 Å². The summed E-state index contributed by atoms with van der Waals surface area (Å²) in [6.07, 6.45) is 4.00. The van der Waals surface area contributed by atoms with E-state index in [4.69, 9.17) is 0 Å². The summed E-state index contributed by atoms with van der Waals surface area (Å²) in [6.45, 7) is 2.82. The van der Waals surface area contributed by atoms with Crippen LogP contribution in [0.4, 0.5) is 4.79 Å². The largest absolute Gasteiger partial charge is 0.338 e. The highest BCUT2D eigenvalue weighted by atomic mass is 16.2. The number of fused-ring (bicyclic) bond motifs is 2. The maximum atomic E-state index is 11.5. The zero-order valence-electron chi connectivity index (χ0n) is 12.1. The molecule has 0 bridgehead atoms. The Morgan fingerprint density at radius 1 is 1.24 bits per heavy atom. The van der Waals surface area contributed by atoms with Crippen molar-refractivity contribution in [2.24, 2.45) is 11.8 Å². The van der Waals surface area contributed by atoms with E-state index >= 15 is 0 Å². The summed E-state index contributed by atoms with van der Waals surface area (Å²) in [6, 6.07) is 5.28. The van der Waals surface area contributed by atoms with Crippen molar-refractivity contribution >= 4 is 6.03 Å². The lowest BCUT2D eigenvalue weighted by Gasteiger charge is -2.42. The van der Waals surface area contributed by atoms with Crippen LogP contribution < -0.4 is 21.5 Å². The van der Waals surface area contributed by atoms with E-state index < -0.39 is 0 Å². The Labute approximate surface area is 124 Å². The predicted molar refractivity (Wildman–Crippen MR) is 78.3 cm³/mol. The first-order chi connectivity index (χ1) is 10.2. The van der Waals surface area contributed by atoms with Crippen molar-refractivity contribution in [3.05, 3.63) is 29.6 Å². The smallest absolute Gasteiger partial charge is 0.315 e. The van der Waals surface area contributed by atoms with Crippen LogP contribution in [0.25, 0.3) is 0 Å². The van der Waals surface area contributed by atoms with Crippen LogP contribution >= 0.6 is 0 Å². The number of nitrogens with one attached hydrogen (secondary N) is 4. The number of hydrazine groups is 1. The van der Waals surface area contributed by atoms with Crippen molar-refractivity contribution in [1.82, 2.24) is 26.5 Å². The van der Waals surface area contributed by atoms with Gasteiger partial charge in [-0.2, -0.15) is 0 Å². The lowest BCUT2D eigenvalue weighted by molar-refractivity contribution is 0.153. The fourth-order valence-corrected chi connectivity index (χ4v) is 4.09. The van der Waals surface area contributed by atoms with Crippen LogP contribution in [-0.2, 0) is 0 Å². The van der Waals surface area contributed by atoms with Gasteiger partial charge in [0, 0.05) is 30.5 Å². The normalized spacial score (nSPS) is 38.1. The van der Waals surface area contributed by atoms with E-state index in [0.29, 0.717) is 30.0 Å².